The molecule has 2 aromatic carbocycles. The highest BCUT2D eigenvalue weighted by molar-refractivity contribution is 5.82. The van der Waals surface area contributed by atoms with Gasteiger partial charge in [-0.2, -0.15) is 0 Å². The number of benzene rings is 2. The molecule has 3 atom stereocenters. The Labute approximate surface area is 136 Å². The molecule has 1 amide bonds. The van der Waals surface area contributed by atoms with Crippen LogP contribution in [-0.4, -0.2) is 35.1 Å². The third kappa shape index (κ3) is 3.60. The van der Waals surface area contributed by atoms with Gasteiger partial charge in [0.25, 0.3) is 5.91 Å². The highest BCUT2D eigenvalue weighted by atomic mass is 16.5. The van der Waals surface area contributed by atoms with E-state index >= 15 is 0 Å². The second-order valence-electron chi connectivity index (χ2n) is 5.90. The molecule has 1 aliphatic heterocycles. The zero-order valence-electron chi connectivity index (χ0n) is 13.1. The number of ether oxygens (including phenoxy) is 1. The van der Waals surface area contributed by atoms with E-state index in [1.807, 2.05) is 55.5 Å². The highest BCUT2D eigenvalue weighted by Crippen LogP contribution is 2.27. The van der Waals surface area contributed by atoms with Gasteiger partial charge in [0.15, 0.2) is 6.10 Å². The molecule has 1 N–H and O–H groups in total. The number of aliphatic hydroxyl groups excluding tert-OH is 1. The van der Waals surface area contributed by atoms with E-state index in [0.29, 0.717) is 18.7 Å². The van der Waals surface area contributed by atoms with Crippen LogP contribution < -0.4 is 0 Å². The summed E-state index contributed by atoms with van der Waals surface area (Å²) in [6.07, 6.45) is -1.36. The van der Waals surface area contributed by atoms with E-state index in [1.165, 1.54) is 0 Å². The molecule has 23 heavy (non-hydrogen) atoms. The molecule has 0 aromatic heterocycles. The second-order valence-corrected chi connectivity index (χ2v) is 5.90. The monoisotopic (exact) mass is 311 g/mol. The molecule has 0 bridgehead atoms. The largest absolute Gasteiger partial charge is 0.378 e. The zero-order valence-corrected chi connectivity index (χ0v) is 13.1. The van der Waals surface area contributed by atoms with Crippen LogP contribution in [0.25, 0.3) is 0 Å². The maximum atomic E-state index is 12.6. The predicted molar refractivity (Wildman–Crippen MR) is 87.7 cm³/mol. The number of hydrogen-bond acceptors (Lipinski definition) is 3. The van der Waals surface area contributed by atoms with E-state index in [-0.39, 0.29) is 18.1 Å². The summed E-state index contributed by atoms with van der Waals surface area (Å²) in [5.41, 5.74) is 1.67. The van der Waals surface area contributed by atoms with E-state index < -0.39 is 6.10 Å². The van der Waals surface area contributed by atoms with Gasteiger partial charge >= 0.3 is 0 Å². The standard InChI is InChI=1S/C19H21NO3/c1-14-12-20(13-17(23-14)15-8-4-2-5-9-15)19(22)18(21)16-10-6-3-7-11-16/h2-11,14,17-18,21H,12-13H2,1H3/t14-,17+,18+/m1/s1. The molecule has 2 aromatic rings. The first-order valence-corrected chi connectivity index (χ1v) is 7.87. The maximum absolute atomic E-state index is 12.6. The Morgan fingerprint density at radius 3 is 2.35 bits per heavy atom. The van der Waals surface area contributed by atoms with Crippen LogP contribution in [0.5, 0.6) is 0 Å². The first kappa shape index (κ1) is 15.7. The van der Waals surface area contributed by atoms with Gasteiger partial charge in [-0.15, -0.1) is 0 Å². The van der Waals surface area contributed by atoms with Crippen LogP contribution in [-0.2, 0) is 9.53 Å². The van der Waals surface area contributed by atoms with Crippen LogP contribution in [0, 0.1) is 0 Å². The molecule has 1 fully saturated rings. The molecule has 1 heterocycles. The third-order valence-electron chi connectivity index (χ3n) is 4.09. The van der Waals surface area contributed by atoms with Crippen molar-refractivity contribution in [2.24, 2.45) is 0 Å². The van der Waals surface area contributed by atoms with Gasteiger partial charge in [0.2, 0.25) is 0 Å². The second kappa shape index (κ2) is 6.94. The number of aliphatic hydroxyl groups is 1. The number of hydrogen-bond donors (Lipinski definition) is 1. The molecule has 1 aliphatic rings. The number of nitrogens with zero attached hydrogens (tertiary/aromatic N) is 1. The first-order valence-electron chi connectivity index (χ1n) is 7.87. The molecule has 0 radical (unpaired) electrons. The lowest BCUT2D eigenvalue weighted by atomic mass is 10.0. The summed E-state index contributed by atoms with van der Waals surface area (Å²) in [4.78, 5) is 14.3. The molecule has 4 heteroatoms. The summed E-state index contributed by atoms with van der Waals surface area (Å²) in [6, 6.07) is 18.9. The van der Waals surface area contributed by atoms with E-state index in [0.717, 1.165) is 5.56 Å². The normalized spacial score (nSPS) is 22.6. The lowest BCUT2D eigenvalue weighted by Crippen LogP contribution is -2.47. The van der Waals surface area contributed by atoms with E-state index in [2.05, 4.69) is 0 Å². The number of rotatable bonds is 3. The van der Waals surface area contributed by atoms with Gasteiger partial charge in [0.1, 0.15) is 6.10 Å². The van der Waals surface area contributed by atoms with Gasteiger partial charge in [0.05, 0.1) is 12.6 Å². The molecule has 1 saturated heterocycles. The third-order valence-corrected chi connectivity index (χ3v) is 4.09. The number of carbonyl (C=O) groups is 1. The summed E-state index contributed by atoms with van der Waals surface area (Å²) in [7, 11) is 0. The molecular weight excluding hydrogens is 290 g/mol. The lowest BCUT2D eigenvalue weighted by Gasteiger charge is -2.38. The summed E-state index contributed by atoms with van der Waals surface area (Å²) in [5, 5.41) is 10.4. The molecule has 0 aliphatic carbocycles. The molecule has 0 unspecified atom stereocenters. The number of carbonyl (C=O) groups excluding carboxylic acids is 1. The Balaban J connectivity index is 1.75. The fourth-order valence-electron chi connectivity index (χ4n) is 2.93. The number of amides is 1. The van der Waals surface area contributed by atoms with Gasteiger partial charge in [0, 0.05) is 6.54 Å². The molecule has 120 valence electrons. The zero-order chi connectivity index (χ0) is 16.2. The fraction of sp³-hybridized carbons (Fsp3) is 0.316. The Bertz CT molecular complexity index is 644. The van der Waals surface area contributed by atoms with Crippen LogP contribution in [0.15, 0.2) is 60.7 Å². The average molecular weight is 311 g/mol. The van der Waals surface area contributed by atoms with Crippen molar-refractivity contribution in [2.75, 3.05) is 13.1 Å². The summed E-state index contributed by atoms with van der Waals surface area (Å²) < 4.78 is 5.96. The molecule has 0 saturated carbocycles. The van der Waals surface area contributed by atoms with Crippen molar-refractivity contribution in [3.63, 3.8) is 0 Å². The van der Waals surface area contributed by atoms with Crippen molar-refractivity contribution in [1.82, 2.24) is 4.90 Å². The van der Waals surface area contributed by atoms with Crippen molar-refractivity contribution in [3.8, 4) is 0 Å². The van der Waals surface area contributed by atoms with Crippen molar-refractivity contribution in [3.05, 3.63) is 71.8 Å². The maximum Gasteiger partial charge on any atom is 0.256 e. The SMILES string of the molecule is C[C@@H]1CN(C(=O)[C@@H](O)c2ccccc2)C[C@@H](c2ccccc2)O1. The quantitative estimate of drug-likeness (QED) is 0.948. The molecule has 0 spiro atoms. The summed E-state index contributed by atoms with van der Waals surface area (Å²) in [5.74, 6) is -0.271. The van der Waals surface area contributed by atoms with Crippen molar-refractivity contribution < 1.29 is 14.6 Å². The summed E-state index contributed by atoms with van der Waals surface area (Å²) >= 11 is 0. The van der Waals surface area contributed by atoms with Gasteiger partial charge in [-0.3, -0.25) is 4.79 Å². The smallest absolute Gasteiger partial charge is 0.256 e. The predicted octanol–water partition coefficient (Wildman–Crippen LogP) is 2.71. The van der Waals surface area contributed by atoms with Gasteiger partial charge in [-0.05, 0) is 18.1 Å². The van der Waals surface area contributed by atoms with Crippen molar-refractivity contribution in [1.29, 1.82) is 0 Å². The average Bonchev–Trinajstić information content (AvgIpc) is 2.61. The van der Waals surface area contributed by atoms with Gasteiger partial charge in [-0.25, -0.2) is 0 Å². The minimum atomic E-state index is -1.13. The fourth-order valence-corrected chi connectivity index (χ4v) is 2.93. The van der Waals surface area contributed by atoms with Crippen LogP contribution in [0.2, 0.25) is 0 Å². The minimum absolute atomic E-state index is 0.0686. The van der Waals surface area contributed by atoms with Crippen molar-refractivity contribution in [2.45, 2.75) is 25.2 Å². The minimum Gasteiger partial charge on any atom is -0.378 e. The van der Waals surface area contributed by atoms with E-state index in [9.17, 15) is 9.90 Å². The Hall–Kier alpha value is -2.17. The Morgan fingerprint density at radius 2 is 1.70 bits per heavy atom. The number of morpholine rings is 1. The lowest BCUT2D eigenvalue weighted by molar-refractivity contribution is -0.153. The van der Waals surface area contributed by atoms with Crippen LogP contribution >= 0.6 is 0 Å². The molecule has 3 rings (SSSR count). The molecular formula is C19H21NO3. The summed E-state index contributed by atoms with van der Waals surface area (Å²) in [6.45, 7) is 2.90. The molecule has 4 nitrogen and oxygen atoms in total. The van der Waals surface area contributed by atoms with Gasteiger partial charge in [-0.1, -0.05) is 60.7 Å². The topological polar surface area (TPSA) is 49.8 Å². The Kier molecular flexibility index (Phi) is 4.74. The van der Waals surface area contributed by atoms with Crippen molar-refractivity contribution >= 4 is 5.91 Å². The van der Waals surface area contributed by atoms with Crippen LogP contribution in [0.1, 0.15) is 30.3 Å². The van der Waals surface area contributed by atoms with Crippen LogP contribution in [0.3, 0.4) is 0 Å². The first-order chi connectivity index (χ1) is 11.1. The van der Waals surface area contributed by atoms with Gasteiger partial charge < -0.3 is 14.7 Å². The highest BCUT2D eigenvalue weighted by Gasteiger charge is 2.32. The van der Waals surface area contributed by atoms with Crippen LogP contribution in [0.4, 0.5) is 0 Å². The van der Waals surface area contributed by atoms with E-state index in [4.69, 9.17) is 4.74 Å². The Morgan fingerprint density at radius 1 is 1.09 bits per heavy atom. The van der Waals surface area contributed by atoms with E-state index in [1.54, 1.807) is 17.0 Å².